The predicted molar refractivity (Wildman–Crippen MR) is 71.6 cm³/mol. The Morgan fingerprint density at radius 3 is 2.71 bits per heavy atom. The lowest BCUT2D eigenvalue weighted by Gasteiger charge is -2.02. The molecule has 0 fully saturated rings. The Bertz CT molecular complexity index is 393. The predicted octanol–water partition coefficient (Wildman–Crippen LogP) is 3.53. The van der Waals surface area contributed by atoms with E-state index in [0.29, 0.717) is 11.5 Å². The highest BCUT2D eigenvalue weighted by molar-refractivity contribution is 5.94. The number of benzene rings is 1. The van der Waals surface area contributed by atoms with Gasteiger partial charge in [0.1, 0.15) is 0 Å². The maximum Gasteiger partial charge on any atom is 0.255 e. The van der Waals surface area contributed by atoms with Gasteiger partial charge in [0.2, 0.25) is 0 Å². The van der Waals surface area contributed by atoms with Gasteiger partial charge in [-0.3, -0.25) is 4.79 Å². The largest absolute Gasteiger partial charge is 0.329 e. The monoisotopic (exact) mass is 229 g/mol. The average Bonchev–Trinajstić information content (AvgIpc) is 2.37. The van der Waals surface area contributed by atoms with Crippen molar-refractivity contribution in [2.45, 2.75) is 20.3 Å². The van der Waals surface area contributed by atoms with Crippen molar-refractivity contribution in [2.24, 2.45) is 5.92 Å². The van der Waals surface area contributed by atoms with E-state index in [1.165, 1.54) is 0 Å². The molecule has 0 radical (unpaired) electrons. The summed E-state index contributed by atoms with van der Waals surface area (Å²) in [6.07, 6.45) is 8.87. The van der Waals surface area contributed by atoms with Gasteiger partial charge in [-0.25, -0.2) is 0 Å². The van der Waals surface area contributed by atoms with Gasteiger partial charge in [-0.1, -0.05) is 43.4 Å². The second-order valence-corrected chi connectivity index (χ2v) is 3.98. The fourth-order valence-electron chi connectivity index (χ4n) is 1.39. The van der Waals surface area contributed by atoms with Crippen LogP contribution in [0.3, 0.4) is 0 Å². The van der Waals surface area contributed by atoms with Crippen molar-refractivity contribution in [3.8, 4) is 0 Å². The van der Waals surface area contributed by atoms with E-state index in [-0.39, 0.29) is 5.91 Å². The van der Waals surface area contributed by atoms with Crippen LogP contribution >= 0.6 is 0 Å². The molecule has 1 atom stereocenters. The number of carbonyl (C=O) groups excluding carboxylic acids is 1. The normalized spacial score (nSPS) is 13.1. The van der Waals surface area contributed by atoms with E-state index in [1.807, 2.05) is 37.3 Å². The molecule has 2 heteroatoms. The van der Waals surface area contributed by atoms with Gasteiger partial charge in [0.05, 0.1) is 0 Å². The summed E-state index contributed by atoms with van der Waals surface area (Å²) in [6, 6.07) is 9.20. The molecular formula is C15H19NO. The second-order valence-electron chi connectivity index (χ2n) is 3.98. The molecule has 0 aromatic heterocycles. The molecule has 17 heavy (non-hydrogen) atoms. The Morgan fingerprint density at radius 2 is 2.06 bits per heavy atom. The summed E-state index contributed by atoms with van der Waals surface area (Å²) < 4.78 is 0. The Balaban J connectivity index is 2.40. The number of allylic oxidation sites excluding steroid dienone is 3. The van der Waals surface area contributed by atoms with Crippen molar-refractivity contribution in [1.29, 1.82) is 0 Å². The molecule has 2 nitrogen and oxygen atoms in total. The summed E-state index contributed by atoms with van der Waals surface area (Å²) in [6.45, 7) is 4.12. The smallest absolute Gasteiger partial charge is 0.255 e. The minimum absolute atomic E-state index is 0.0694. The zero-order valence-corrected chi connectivity index (χ0v) is 10.4. The minimum Gasteiger partial charge on any atom is -0.329 e. The Kier molecular flexibility index (Phi) is 5.80. The molecule has 0 spiro atoms. The first kappa shape index (κ1) is 13.2. The van der Waals surface area contributed by atoms with Gasteiger partial charge in [0, 0.05) is 11.8 Å². The van der Waals surface area contributed by atoms with Gasteiger partial charge in [-0.2, -0.15) is 0 Å². The van der Waals surface area contributed by atoms with E-state index >= 15 is 0 Å². The third kappa shape index (κ3) is 5.16. The Morgan fingerprint density at radius 1 is 1.35 bits per heavy atom. The zero-order chi connectivity index (χ0) is 12.5. The maximum atomic E-state index is 11.7. The van der Waals surface area contributed by atoms with Crippen LogP contribution in [0.4, 0.5) is 0 Å². The quantitative estimate of drug-likeness (QED) is 0.769. The van der Waals surface area contributed by atoms with E-state index in [4.69, 9.17) is 0 Å². The van der Waals surface area contributed by atoms with Gasteiger partial charge >= 0.3 is 0 Å². The third-order valence-corrected chi connectivity index (χ3v) is 2.42. The zero-order valence-electron chi connectivity index (χ0n) is 10.4. The van der Waals surface area contributed by atoms with Crippen molar-refractivity contribution in [3.05, 3.63) is 60.3 Å². The number of hydrogen-bond donors (Lipinski definition) is 1. The molecule has 0 bridgehead atoms. The molecule has 1 unspecified atom stereocenters. The van der Waals surface area contributed by atoms with Crippen molar-refractivity contribution < 1.29 is 4.79 Å². The van der Waals surface area contributed by atoms with Crippen molar-refractivity contribution in [3.63, 3.8) is 0 Å². The third-order valence-electron chi connectivity index (χ3n) is 2.42. The van der Waals surface area contributed by atoms with Gasteiger partial charge < -0.3 is 5.32 Å². The highest BCUT2D eigenvalue weighted by Gasteiger charge is 2.00. The molecule has 0 saturated heterocycles. The molecule has 90 valence electrons. The minimum atomic E-state index is -0.0694. The van der Waals surface area contributed by atoms with E-state index in [0.717, 1.165) is 6.42 Å². The maximum absolute atomic E-state index is 11.7. The summed E-state index contributed by atoms with van der Waals surface area (Å²) in [5.41, 5.74) is 0.679. The van der Waals surface area contributed by atoms with Gasteiger partial charge in [0.15, 0.2) is 0 Å². The molecule has 0 aliphatic heterocycles. The molecule has 0 saturated carbocycles. The van der Waals surface area contributed by atoms with Gasteiger partial charge in [-0.05, 0) is 31.4 Å². The molecule has 1 amide bonds. The Labute approximate surface area is 103 Å². The molecule has 1 rings (SSSR count). The summed E-state index contributed by atoms with van der Waals surface area (Å²) in [5, 5.41) is 2.76. The number of nitrogens with one attached hydrogen (secondary N) is 1. The molecular weight excluding hydrogens is 210 g/mol. The van der Waals surface area contributed by atoms with E-state index in [2.05, 4.69) is 18.3 Å². The van der Waals surface area contributed by atoms with Gasteiger partial charge in [0.25, 0.3) is 5.91 Å². The summed E-state index contributed by atoms with van der Waals surface area (Å²) in [7, 11) is 0. The van der Waals surface area contributed by atoms with Crippen LogP contribution in [0.1, 0.15) is 30.6 Å². The van der Waals surface area contributed by atoms with Gasteiger partial charge in [-0.15, -0.1) is 0 Å². The number of rotatable bonds is 5. The molecule has 0 aliphatic carbocycles. The molecule has 1 N–H and O–H groups in total. The van der Waals surface area contributed by atoms with Crippen LogP contribution in [0.15, 0.2) is 54.8 Å². The van der Waals surface area contributed by atoms with Crippen LogP contribution < -0.4 is 5.32 Å². The van der Waals surface area contributed by atoms with Crippen LogP contribution in [-0.2, 0) is 0 Å². The van der Waals surface area contributed by atoms with Crippen LogP contribution in [0.25, 0.3) is 0 Å². The first-order valence-electron chi connectivity index (χ1n) is 5.87. The first-order chi connectivity index (χ1) is 8.24. The van der Waals surface area contributed by atoms with E-state index < -0.39 is 0 Å². The lowest BCUT2D eigenvalue weighted by Crippen LogP contribution is -2.17. The van der Waals surface area contributed by atoms with E-state index in [1.54, 1.807) is 18.3 Å². The highest BCUT2D eigenvalue weighted by atomic mass is 16.1. The van der Waals surface area contributed by atoms with Crippen molar-refractivity contribution in [1.82, 2.24) is 5.32 Å². The summed E-state index contributed by atoms with van der Waals surface area (Å²) in [5.74, 6) is 0.363. The van der Waals surface area contributed by atoms with E-state index in [9.17, 15) is 4.79 Å². The summed E-state index contributed by atoms with van der Waals surface area (Å²) in [4.78, 5) is 11.7. The van der Waals surface area contributed by atoms with Crippen LogP contribution in [0.2, 0.25) is 0 Å². The highest BCUT2D eigenvalue weighted by Crippen LogP contribution is 2.04. The average molecular weight is 229 g/mol. The van der Waals surface area contributed by atoms with Crippen molar-refractivity contribution in [2.75, 3.05) is 0 Å². The number of carbonyl (C=O) groups is 1. The molecule has 0 heterocycles. The number of hydrogen-bond acceptors (Lipinski definition) is 1. The summed E-state index contributed by atoms with van der Waals surface area (Å²) >= 11 is 0. The van der Waals surface area contributed by atoms with Crippen LogP contribution in [0, 0.1) is 5.92 Å². The van der Waals surface area contributed by atoms with Crippen LogP contribution in [0.5, 0.6) is 0 Å². The Hall–Kier alpha value is -1.83. The lowest BCUT2D eigenvalue weighted by molar-refractivity contribution is 0.0970. The topological polar surface area (TPSA) is 29.1 Å². The molecule has 0 aliphatic rings. The SMILES string of the molecule is C/C=C/CC(C)/C=C/NC(=O)c1ccccc1. The van der Waals surface area contributed by atoms with Crippen molar-refractivity contribution >= 4 is 5.91 Å². The second kappa shape index (κ2) is 7.44. The first-order valence-corrected chi connectivity index (χ1v) is 5.87. The lowest BCUT2D eigenvalue weighted by atomic mass is 10.1. The number of amides is 1. The van der Waals surface area contributed by atoms with Crippen LogP contribution in [-0.4, -0.2) is 5.91 Å². The molecule has 1 aromatic rings. The fourth-order valence-corrected chi connectivity index (χ4v) is 1.39. The fraction of sp³-hybridized carbons (Fsp3) is 0.267. The standard InChI is InChI=1S/C15H19NO/c1-3-4-8-13(2)11-12-16-15(17)14-9-6-5-7-10-14/h3-7,9-13H,8H2,1-2H3,(H,16,17)/b4-3+,12-11+. The molecule has 1 aromatic carbocycles.